The van der Waals surface area contributed by atoms with Crippen molar-refractivity contribution in [2.75, 3.05) is 59.6 Å². The van der Waals surface area contributed by atoms with Crippen LogP contribution in [-0.4, -0.2) is 109 Å². The highest BCUT2D eigenvalue weighted by molar-refractivity contribution is 7.93. The molecule has 1 aliphatic carbocycles. The number of unbranched alkanes of at least 4 members (excludes halogenated alkanes) is 6. The molecule has 2 aromatic heterocycles. The lowest BCUT2D eigenvalue weighted by molar-refractivity contribution is -0.0419. The van der Waals surface area contributed by atoms with E-state index in [0.29, 0.717) is 48.8 Å². The van der Waals surface area contributed by atoms with Gasteiger partial charge in [0.2, 0.25) is 10.3 Å². The van der Waals surface area contributed by atoms with Crippen LogP contribution in [0.3, 0.4) is 0 Å². The van der Waals surface area contributed by atoms with Gasteiger partial charge in [0, 0.05) is 66.9 Å². The molecule has 78 heavy (non-hydrogen) atoms. The second kappa shape index (κ2) is 29.5. The van der Waals surface area contributed by atoms with Crippen LogP contribution < -0.4 is 58.8 Å². The quantitative estimate of drug-likeness (QED) is 0.0488. The number of benzene rings is 3. The minimum atomic E-state index is -4.60. The van der Waals surface area contributed by atoms with E-state index in [0.717, 1.165) is 129 Å². The number of carbonyl (C=O) groups excluding carboxylic acids is 1. The molecule has 2 aliphatic rings. The molecule has 2 fully saturated rings. The standard InChI is InChI=1S/C32H42ClFN4O7S2.C17H23ClFN5O3S2.2ClH/c1-31(2,3)45-30(39)37(16-9-7-6-8-13-32(40)14-10-15-32)26-19-25(34)28(18-24(26)33)47(41,42)38(29-35-21-36-46-29)20-22-11-12-23(43-4)17-27(22)44-5;18-12-7-15(29(26,27)24-16-22-11-23-28-16)13(19)8-14(12)21-6-4-2-1-3-5-17(25)9-20-10-17;;/h11-12,17-19,21,40H,6-10,13-16,20H2,1-5H3;7-8,11,20-21,25H,1-6,9-10H2,(H,22,23,24);2*1H/p-2. The Balaban J connectivity index is 0.000000364. The summed E-state index contributed by atoms with van der Waals surface area (Å²) in [7, 11) is -5.82. The van der Waals surface area contributed by atoms with Crippen molar-refractivity contribution in [1.82, 2.24) is 24.0 Å². The molecule has 0 bridgehead atoms. The number of sulfonamides is 2. The fourth-order valence-corrected chi connectivity index (χ4v) is 12.8. The molecule has 434 valence electrons. The molecule has 0 spiro atoms. The average Bonchev–Trinajstić information content (AvgIpc) is 4.08. The second-order valence-electron chi connectivity index (χ2n) is 19.6. The summed E-state index contributed by atoms with van der Waals surface area (Å²) in [5, 5.41) is 26.5. The Morgan fingerprint density at radius 2 is 1.44 bits per heavy atom. The summed E-state index contributed by atoms with van der Waals surface area (Å²) < 4.78 is 110. The number of methoxy groups -OCH3 is 2. The van der Waals surface area contributed by atoms with Crippen LogP contribution in [0.15, 0.2) is 64.9 Å². The normalized spacial score (nSPS) is 14.4. The van der Waals surface area contributed by atoms with Gasteiger partial charge in [-0.15, -0.1) is 0 Å². The summed E-state index contributed by atoms with van der Waals surface area (Å²) in [6.45, 7) is 6.97. The number of anilines is 4. The van der Waals surface area contributed by atoms with Gasteiger partial charge in [0.15, 0.2) is 0 Å². The Hall–Kier alpha value is -4.15. The molecule has 1 saturated heterocycles. The third kappa shape index (κ3) is 18.4. The van der Waals surface area contributed by atoms with E-state index in [2.05, 4.69) is 34.1 Å². The third-order valence-corrected chi connectivity index (χ3v) is 17.8. The molecule has 5 N–H and O–H groups in total. The smallest absolute Gasteiger partial charge is 0.414 e. The summed E-state index contributed by atoms with van der Waals surface area (Å²) in [5.41, 5.74) is -1.12. The first-order valence-electron chi connectivity index (χ1n) is 24.6. The van der Waals surface area contributed by atoms with Gasteiger partial charge in [-0.1, -0.05) is 61.7 Å². The van der Waals surface area contributed by atoms with Gasteiger partial charge in [-0.3, -0.25) is 9.62 Å². The minimum Gasteiger partial charge on any atom is -1.00 e. The van der Waals surface area contributed by atoms with Gasteiger partial charge in [-0.25, -0.2) is 44.7 Å². The molecule has 0 atom stereocenters. The van der Waals surface area contributed by atoms with Gasteiger partial charge < -0.3 is 59.9 Å². The van der Waals surface area contributed by atoms with E-state index in [-0.39, 0.29) is 63.9 Å². The number of carbonyl (C=O) groups is 1. The first-order valence-corrected chi connectivity index (χ1v) is 29.9. The first kappa shape index (κ1) is 66.4. The Kier molecular flexibility index (Phi) is 25.1. The lowest BCUT2D eigenvalue weighted by Gasteiger charge is -2.37. The highest BCUT2D eigenvalue weighted by Crippen LogP contribution is 2.39. The Morgan fingerprint density at radius 3 is 2.01 bits per heavy atom. The molecule has 1 amide bonds. The average molecular weight is 1250 g/mol. The maximum atomic E-state index is 16.0. The number of β-amino-alcohol motifs (C(OH)–C–C–N with tert-alkyl or cyclic N) is 1. The molecule has 19 nitrogen and oxygen atoms in total. The Labute approximate surface area is 485 Å². The topological polar surface area (TPSA) is 248 Å². The zero-order chi connectivity index (χ0) is 55.3. The molecule has 3 heterocycles. The van der Waals surface area contributed by atoms with Gasteiger partial charge in [-0.2, -0.15) is 8.75 Å². The van der Waals surface area contributed by atoms with E-state index in [9.17, 15) is 36.2 Å². The van der Waals surface area contributed by atoms with Crippen LogP contribution in [0.2, 0.25) is 10.0 Å². The number of nitrogens with one attached hydrogen (secondary N) is 3. The lowest BCUT2D eigenvalue weighted by Crippen LogP contribution is -3.00. The summed E-state index contributed by atoms with van der Waals surface area (Å²) in [6, 6.07) is 9.00. The summed E-state index contributed by atoms with van der Waals surface area (Å²) >= 11 is 14.4. The van der Waals surface area contributed by atoms with Gasteiger partial charge in [0.25, 0.3) is 20.0 Å². The van der Waals surface area contributed by atoms with Crippen LogP contribution in [0.1, 0.15) is 110 Å². The number of amides is 1. The van der Waals surface area contributed by atoms with Crippen molar-refractivity contribution in [1.29, 1.82) is 0 Å². The molecule has 7 rings (SSSR count). The number of aliphatic hydroxyl groups is 2. The number of rotatable bonds is 26. The van der Waals surface area contributed by atoms with E-state index in [1.165, 1.54) is 31.8 Å². The Morgan fingerprint density at radius 1 is 0.808 bits per heavy atom. The van der Waals surface area contributed by atoms with Crippen LogP contribution in [0.4, 0.5) is 35.2 Å². The zero-order valence-electron chi connectivity index (χ0n) is 43.7. The molecule has 0 unspecified atom stereocenters. The minimum absolute atomic E-state index is 0. The van der Waals surface area contributed by atoms with E-state index in [4.69, 9.17) is 37.4 Å². The van der Waals surface area contributed by atoms with Crippen LogP contribution >= 0.6 is 46.3 Å². The number of aromatic nitrogens is 4. The molecule has 5 aromatic rings. The Bertz CT molecular complexity index is 2940. The van der Waals surface area contributed by atoms with E-state index >= 15 is 4.39 Å². The predicted molar refractivity (Wildman–Crippen MR) is 291 cm³/mol. The lowest BCUT2D eigenvalue weighted by atomic mass is 9.77. The van der Waals surface area contributed by atoms with Gasteiger partial charge in [0.05, 0.1) is 53.4 Å². The zero-order valence-corrected chi connectivity index (χ0v) is 50.0. The summed E-state index contributed by atoms with van der Waals surface area (Å²) in [4.78, 5) is 21.1. The molecule has 3 aromatic carbocycles. The van der Waals surface area contributed by atoms with E-state index in [1.807, 2.05) is 0 Å². The number of nitrogens with zero attached hydrogens (tertiary/aromatic N) is 6. The molecule has 29 heteroatoms. The predicted octanol–water partition coefficient (Wildman–Crippen LogP) is 4.19. The highest BCUT2D eigenvalue weighted by atomic mass is 35.5. The summed E-state index contributed by atoms with van der Waals surface area (Å²) in [5.74, 6) is -1.15. The molecule has 1 saturated carbocycles. The monoisotopic (exact) mass is 1250 g/mol. The van der Waals surface area contributed by atoms with Gasteiger partial charge in [0.1, 0.15) is 51.2 Å². The van der Waals surface area contributed by atoms with E-state index < -0.39 is 64.4 Å². The van der Waals surface area contributed by atoms with Gasteiger partial charge in [-0.05, 0) is 96.0 Å². The number of ether oxygens (including phenoxy) is 3. The van der Waals surface area contributed by atoms with Crippen LogP contribution in [0, 0.1) is 11.6 Å². The third-order valence-electron chi connectivity index (χ3n) is 12.6. The van der Waals surface area contributed by atoms with Crippen molar-refractivity contribution in [3.05, 3.63) is 82.4 Å². The van der Waals surface area contributed by atoms with E-state index in [1.54, 1.807) is 39.0 Å². The first-order chi connectivity index (χ1) is 36.0. The van der Waals surface area contributed by atoms with Crippen molar-refractivity contribution in [3.63, 3.8) is 0 Å². The van der Waals surface area contributed by atoms with Crippen LogP contribution in [0.25, 0.3) is 0 Å². The fraction of sp³-hybridized carbons (Fsp3) is 0.531. The van der Waals surface area contributed by atoms with Crippen LogP contribution in [-0.2, 0) is 31.3 Å². The molecule has 1 aliphatic heterocycles. The largest absolute Gasteiger partial charge is 1.00 e. The maximum absolute atomic E-state index is 16.0. The summed E-state index contributed by atoms with van der Waals surface area (Å²) in [6.07, 6.45) is 12.7. The number of hydrogen-bond donors (Lipinski definition) is 5. The van der Waals surface area contributed by atoms with Gasteiger partial charge >= 0.3 is 6.09 Å². The molecular weight excluding hydrogens is 1180 g/mol. The number of halogens is 6. The van der Waals surface area contributed by atoms with Crippen LogP contribution in [0.5, 0.6) is 11.5 Å². The highest BCUT2D eigenvalue weighted by Gasteiger charge is 2.36. The SMILES string of the molecule is COc1ccc(CN(c2ncns2)S(=O)(=O)c2cc(Cl)c(N(CCCCCCC3(O)CCC3)C(=O)OC(C)(C)C)cc2F)c(OC)c1.O=S(=O)(Nc1ncns1)c1cc(Cl)c(NCCCCCCC2(O)CNC2)cc1F.[Cl-].[Cl-]. The second-order valence-corrected chi connectivity index (χ2v) is 25.4. The van der Waals surface area contributed by atoms with Crippen molar-refractivity contribution in [2.24, 2.45) is 0 Å². The molecule has 0 radical (unpaired) electrons. The van der Waals surface area contributed by atoms with Crippen molar-refractivity contribution >= 4 is 94.0 Å². The number of hydrogen-bond acceptors (Lipinski definition) is 18. The van der Waals surface area contributed by atoms with Crippen molar-refractivity contribution < 1.29 is 79.6 Å². The van der Waals surface area contributed by atoms with Crippen molar-refractivity contribution in [2.45, 2.75) is 137 Å². The molecular formula is C49H65Cl4F2N9O10S4-2. The maximum Gasteiger partial charge on any atom is 0.414 e. The fourth-order valence-electron chi connectivity index (χ4n) is 8.25. The van der Waals surface area contributed by atoms with Crippen molar-refractivity contribution in [3.8, 4) is 11.5 Å².